The van der Waals surface area contributed by atoms with Crippen LogP contribution in [0.3, 0.4) is 0 Å². The number of carboxylic acids is 1. The monoisotopic (exact) mass is 484 g/mol. The van der Waals surface area contributed by atoms with E-state index in [9.17, 15) is 14.4 Å². The Morgan fingerprint density at radius 1 is 0.886 bits per heavy atom. The number of hydrogen-bond acceptors (Lipinski definition) is 4. The molecule has 5 nitrogen and oxygen atoms in total. The molecule has 0 fully saturated rings. The third-order valence-electron chi connectivity index (χ3n) is 6.20. The normalized spacial score (nSPS) is 19.3. The van der Waals surface area contributed by atoms with Gasteiger partial charge < -0.3 is 9.84 Å². The third-order valence-corrected chi connectivity index (χ3v) is 6.20. The van der Waals surface area contributed by atoms with Gasteiger partial charge in [-0.25, -0.2) is 0 Å². The lowest BCUT2D eigenvalue weighted by molar-refractivity contribution is -0.147. The molecule has 2 atom stereocenters. The Morgan fingerprint density at radius 3 is 1.89 bits per heavy atom. The summed E-state index contributed by atoms with van der Waals surface area (Å²) in [7, 11) is 0. The Balaban J connectivity index is 2.55. The molecule has 0 aromatic rings. The van der Waals surface area contributed by atoms with Crippen molar-refractivity contribution in [2.45, 2.75) is 105 Å². The quantitative estimate of drug-likeness (QED) is 0.205. The Morgan fingerprint density at radius 2 is 1.40 bits per heavy atom. The van der Waals surface area contributed by atoms with Crippen molar-refractivity contribution in [1.29, 1.82) is 0 Å². The van der Waals surface area contributed by atoms with Gasteiger partial charge in [0.15, 0.2) is 5.78 Å². The van der Waals surface area contributed by atoms with Crippen molar-refractivity contribution in [3.05, 3.63) is 58.2 Å². The maximum Gasteiger partial charge on any atom is 0.307 e. The zero-order chi connectivity index (χ0) is 26.4. The highest BCUT2D eigenvalue weighted by atomic mass is 16.5. The molecule has 0 amide bonds. The van der Waals surface area contributed by atoms with Crippen molar-refractivity contribution in [2.75, 3.05) is 0 Å². The van der Waals surface area contributed by atoms with Crippen LogP contribution in [-0.4, -0.2) is 28.9 Å². The Labute approximate surface area is 211 Å². The molecule has 1 rings (SSSR count). The molecule has 194 valence electrons. The van der Waals surface area contributed by atoms with Crippen LogP contribution in [0, 0.1) is 5.92 Å². The molecule has 1 aliphatic rings. The third kappa shape index (κ3) is 13.7. The lowest BCUT2D eigenvalue weighted by Crippen LogP contribution is -2.32. The molecular weight excluding hydrogens is 440 g/mol. The van der Waals surface area contributed by atoms with E-state index in [0.717, 1.165) is 38.5 Å². The summed E-state index contributed by atoms with van der Waals surface area (Å²) in [5.74, 6) is -1.83. The first-order valence-electron chi connectivity index (χ1n) is 12.7. The van der Waals surface area contributed by atoms with Gasteiger partial charge in [0.25, 0.3) is 0 Å². The number of Topliss-reactive ketones (excluding diaryl/α,β-unsaturated/α-hetero) is 1. The zero-order valence-corrected chi connectivity index (χ0v) is 22.5. The van der Waals surface area contributed by atoms with E-state index in [1.165, 1.54) is 35.3 Å². The number of carbonyl (C=O) groups is 3. The Hall–Kier alpha value is -2.69. The predicted octanol–water partition coefficient (Wildman–Crippen LogP) is 7.44. The van der Waals surface area contributed by atoms with Gasteiger partial charge in [0.05, 0.1) is 6.42 Å². The van der Waals surface area contributed by atoms with Crippen molar-refractivity contribution in [3.8, 4) is 0 Å². The second-order valence-electron chi connectivity index (χ2n) is 10.0. The number of hydrogen-bond donors (Lipinski definition) is 1. The van der Waals surface area contributed by atoms with Gasteiger partial charge >= 0.3 is 11.9 Å². The van der Waals surface area contributed by atoms with Gasteiger partial charge in [-0.05, 0) is 85.6 Å². The van der Waals surface area contributed by atoms with Crippen LogP contribution in [0.4, 0.5) is 0 Å². The summed E-state index contributed by atoms with van der Waals surface area (Å²) in [6.07, 6.45) is 16.8. The van der Waals surface area contributed by atoms with E-state index in [-0.39, 0.29) is 30.1 Å². The van der Waals surface area contributed by atoms with Crippen LogP contribution in [0.2, 0.25) is 0 Å². The largest absolute Gasteiger partial charge is 0.481 e. The highest BCUT2D eigenvalue weighted by Crippen LogP contribution is 2.29. The van der Waals surface area contributed by atoms with Crippen LogP contribution >= 0.6 is 0 Å². The van der Waals surface area contributed by atoms with Crippen molar-refractivity contribution < 1.29 is 24.2 Å². The fourth-order valence-corrected chi connectivity index (χ4v) is 4.11. The summed E-state index contributed by atoms with van der Waals surface area (Å²) in [6, 6.07) is 0. The Bertz CT molecular complexity index is 894. The van der Waals surface area contributed by atoms with Gasteiger partial charge in [0, 0.05) is 24.8 Å². The van der Waals surface area contributed by atoms with Crippen molar-refractivity contribution >= 4 is 17.7 Å². The van der Waals surface area contributed by atoms with Crippen LogP contribution in [0.5, 0.6) is 0 Å². The molecule has 5 heteroatoms. The second kappa shape index (κ2) is 16.1. The maximum atomic E-state index is 12.4. The number of ketones is 1. The molecule has 0 aliphatic heterocycles. The minimum Gasteiger partial charge on any atom is -0.481 e. The van der Waals surface area contributed by atoms with Gasteiger partial charge in [0.2, 0.25) is 0 Å². The summed E-state index contributed by atoms with van der Waals surface area (Å²) in [4.78, 5) is 34.9. The average molecular weight is 485 g/mol. The van der Waals surface area contributed by atoms with E-state index in [4.69, 9.17) is 9.84 Å². The van der Waals surface area contributed by atoms with Gasteiger partial charge in [-0.3, -0.25) is 14.4 Å². The van der Waals surface area contributed by atoms with E-state index in [2.05, 4.69) is 58.9 Å². The van der Waals surface area contributed by atoms with E-state index in [1.807, 2.05) is 0 Å². The number of rotatable bonds is 14. The number of carbonyl (C=O) groups excluding carboxylic acids is 2. The molecule has 0 spiro atoms. The van der Waals surface area contributed by atoms with Crippen LogP contribution < -0.4 is 0 Å². The van der Waals surface area contributed by atoms with Gasteiger partial charge in [0.1, 0.15) is 6.10 Å². The first kappa shape index (κ1) is 30.3. The van der Waals surface area contributed by atoms with E-state index >= 15 is 0 Å². The van der Waals surface area contributed by atoms with E-state index in [0.29, 0.717) is 6.42 Å². The number of carboxylic acid groups (broad SMARTS) is 1. The molecule has 1 aliphatic carbocycles. The topological polar surface area (TPSA) is 80.7 Å². The van der Waals surface area contributed by atoms with Crippen LogP contribution in [-0.2, 0) is 19.1 Å². The van der Waals surface area contributed by atoms with E-state index < -0.39 is 18.0 Å². The van der Waals surface area contributed by atoms with Crippen molar-refractivity contribution in [3.63, 3.8) is 0 Å². The molecule has 35 heavy (non-hydrogen) atoms. The van der Waals surface area contributed by atoms with Gasteiger partial charge in [-0.15, -0.1) is 0 Å². The van der Waals surface area contributed by atoms with E-state index in [1.54, 1.807) is 0 Å². The van der Waals surface area contributed by atoms with Crippen LogP contribution in [0.15, 0.2) is 58.2 Å². The first-order chi connectivity index (χ1) is 16.5. The SMILES string of the molecule is CC(=O)O[C@H]1C=C(CC(=O)O)C(=O)C[C@H]1C/C=C(\C)CC/C=C(\C)CC/C=C(\C)CCC=C(C)C. The number of allylic oxidation sites excluding steroid dienone is 8. The minimum atomic E-state index is -1.06. The lowest BCUT2D eigenvalue weighted by atomic mass is 9.82. The smallest absolute Gasteiger partial charge is 0.307 e. The molecule has 0 radical (unpaired) electrons. The molecule has 0 heterocycles. The highest BCUT2D eigenvalue weighted by molar-refractivity contribution is 6.00. The highest BCUT2D eigenvalue weighted by Gasteiger charge is 2.32. The summed E-state index contributed by atoms with van der Waals surface area (Å²) in [6.45, 7) is 12.1. The number of ether oxygens (including phenoxy) is 1. The number of aliphatic carboxylic acids is 1. The summed E-state index contributed by atoms with van der Waals surface area (Å²) in [5, 5.41) is 9.02. The molecule has 0 aromatic carbocycles. The minimum absolute atomic E-state index is 0.164. The van der Waals surface area contributed by atoms with Crippen molar-refractivity contribution in [1.82, 2.24) is 0 Å². The van der Waals surface area contributed by atoms with Gasteiger partial charge in [-0.2, -0.15) is 0 Å². The van der Waals surface area contributed by atoms with Gasteiger partial charge in [-0.1, -0.05) is 46.6 Å². The molecule has 0 unspecified atom stereocenters. The number of esters is 1. The summed E-state index contributed by atoms with van der Waals surface area (Å²) in [5.41, 5.74) is 5.68. The predicted molar refractivity (Wildman–Crippen MR) is 142 cm³/mol. The Kier molecular flexibility index (Phi) is 13.9. The maximum absolute atomic E-state index is 12.4. The van der Waals surface area contributed by atoms with Crippen LogP contribution in [0.1, 0.15) is 99.3 Å². The first-order valence-corrected chi connectivity index (χ1v) is 12.7. The van der Waals surface area contributed by atoms with Crippen molar-refractivity contribution in [2.24, 2.45) is 5.92 Å². The fourth-order valence-electron chi connectivity index (χ4n) is 4.11. The standard InChI is InChI=1S/C30H44O5/c1-21(2)10-7-11-22(3)12-8-13-23(4)14-9-15-24(5)16-17-26-18-28(32)27(20-30(33)34)19-29(26)35-25(6)31/h10,12,14,16,19,26,29H,7-9,11,13,15,17-18,20H2,1-6H3,(H,33,34)/b22-12+,23-14+,24-16+/t26-,29+/m1/s1. The second-order valence-corrected chi connectivity index (χ2v) is 10.0. The average Bonchev–Trinajstić information content (AvgIpc) is 2.74. The molecule has 0 bridgehead atoms. The lowest BCUT2D eigenvalue weighted by Gasteiger charge is -2.28. The van der Waals surface area contributed by atoms with Crippen LogP contribution in [0.25, 0.3) is 0 Å². The summed E-state index contributed by atoms with van der Waals surface area (Å²) < 4.78 is 5.39. The molecule has 0 saturated carbocycles. The molecule has 0 saturated heterocycles. The fraction of sp³-hybridized carbons (Fsp3) is 0.567. The summed E-state index contributed by atoms with van der Waals surface area (Å²) >= 11 is 0. The zero-order valence-electron chi connectivity index (χ0n) is 22.5. The molecule has 1 N–H and O–H groups in total. The molecular formula is C30H44O5. The molecule has 0 aromatic heterocycles.